The highest BCUT2D eigenvalue weighted by atomic mass is 19.1. The number of hydrogen-bond donors (Lipinski definition) is 4. The summed E-state index contributed by atoms with van der Waals surface area (Å²) in [6.07, 6.45) is 2.32. The van der Waals surface area contributed by atoms with Gasteiger partial charge in [-0.3, -0.25) is 10.2 Å². The van der Waals surface area contributed by atoms with Gasteiger partial charge in [0.25, 0.3) is 0 Å². The molecule has 0 saturated heterocycles. The molecule has 0 bridgehead atoms. The molecule has 0 heterocycles. The van der Waals surface area contributed by atoms with Crippen molar-refractivity contribution < 1.29 is 24.2 Å². The molecular weight excluding hydrogens is 231 g/mol. The van der Waals surface area contributed by atoms with Gasteiger partial charge in [0.1, 0.15) is 5.84 Å². The zero-order chi connectivity index (χ0) is 13.4. The van der Waals surface area contributed by atoms with Crippen LogP contribution in [0.15, 0.2) is 23.8 Å². The highest BCUT2D eigenvalue weighted by molar-refractivity contribution is 6.09. The summed E-state index contributed by atoms with van der Waals surface area (Å²) in [7, 11) is 0. The first-order valence-electron chi connectivity index (χ1n) is 4.57. The van der Waals surface area contributed by atoms with Crippen molar-refractivity contribution in [3.05, 3.63) is 23.8 Å². The van der Waals surface area contributed by atoms with Crippen molar-refractivity contribution in [2.45, 2.75) is 12.6 Å². The zero-order valence-electron chi connectivity index (χ0n) is 8.90. The van der Waals surface area contributed by atoms with E-state index in [-0.39, 0.29) is 0 Å². The Morgan fingerprint density at radius 1 is 1.41 bits per heavy atom. The Hall–Kier alpha value is -2.18. The summed E-state index contributed by atoms with van der Waals surface area (Å²) in [5.41, 5.74) is 0.00374. The molecule has 0 aromatic rings. The van der Waals surface area contributed by atoms with Crippen LogP contribution in [0, 0.1) is 10.8 Å². The van der Waals surface area contributed by atoms with E-state index in [2.05, 4.69) is 0 Å². The van der Waals surface area contributed by atoms with Crippen LogP contribution in [0.25, 0.3) is 0 Å². The summed E-state index contributed by atoms with van der Waals surface area (Å²) < 4.78 is 13.8. The second-order valence-corrected chi connectivity index (χ2v) is 3.86. The first-order chi connectivity index (χ1) is 7.63. The third-order valence-electron chi connectivity index (χ3n) is 2.59. The van der Waals surface area contributed by atoms with Crippen molar-refractivity contribution in [1.82, 2.24) is 0 Å². The number of halogens is 1. The Morgan fingerprint density at radius 3 is 2.29 bits per heavy atom. The van der Waals surface area contributed by atoms with Crippen LogP contribution in [0.4, 0.5) is 4.39 Å². The number of nitrogens with one attached hydrogen (secondary N) is 1. The van der Waals surface area contributed by atoms with Crippen LogP contribution in [0.1, 0.15) is 6.92 Å². The number of carboxylic acid groups (broad SMARTS) is 2. The Morgan fingerprint density at radius 2 is 1.94 bits per heavy atom. The molecule has 2 atom stereocenters. The molecule has 1 rings (SSSR count). The molecule has 1 aliphatic rings. The van der Waals surface area contributed by atoms with Crippen LogP contribution in [0.2, 0.25) is 0 Å². The first kappa shape index (κ1) is 12.9. The molecule has 5 N–H and O–H groups in total. The molecule has 0 aromatic heterocycles. The Kier molecular flexibility index (Phi) is 2.80. The summed E-state index contributed by atoms with van der Waals surface area (Å²) in [5.74, 6) is -3.91. The van der Waals surface area contributed by atoms with Crippen molar-refractivity contribution in [2.24, 2.45) is 11.1 Å². The SMILES string of the molecule is CC1(F)C=CC(C(=N)N)(C(=O)O)C=C1C(=O)O. The number of carbonyl (C=O) groups is 2. The fourth-order valence-electron chi connectivity index (χ4n) is 1.48. The lowest BCUT2D eigenvalue weighted by Gasteiger charge is -2.29. The fraction of sp³-hybridized carbons (Fsp3) is 0.300. The average Bonchev–Trinajstić information content (AvgIpc) is 2.15. The van der Waals surface area contributed by atoms with Gasteiger partial charge in [-0.25, -0.2) is 9.18 Å². The number of allylic oxidation sites excluding steroid dienone is 1. The van der Waals surface area contributed by atoms with Gasteiger partial charge in [-0.15, -0.1) is 0 Å². The molecule has 1 aliphatic carbocycles. The molecule has 92 valence electrons. The average molecular weight is 242 g/mol. The van der Waals surface area contributed by atoms with Gasteiger partial charge in [-0.05, 0) is 19.1 Å². The third-order valence-corrected chi connectivity index (χ3v) is 2.59. The molecule has 17 heavy (non-hydrogen) atoms. The van der Waals surface area contributed by atoms with Gasteiger partial charge in [0.05, 0.1) is 5.57 Å². The topological polar surface area (TPSA) is 124 Å². The highest BCUT2D eigenvalue weighted by Gasteiger charge is 2.46. The van der Waals surface area contributed by atoms with Crippen LogP contribution in [0.5, 0.6) is 0 Å². The number of aliphatic carboxylic acids is 2. The highest BCUT2D eigenvalue weighted by Crippen LogP contribution is 2.36. The third kappa shape index (κ3) is 1.91. The van der Waals surface area contributed by atoms with E-state index in [4.69, 9.17) is 21.4 Å². The van der Waals surface area contributed by atoms with Gasteiger partial charge in [-0.2, -0.15) is 0 Å². The minimum absolute atomic E-state index is 0.653. The van der Waals surface area contributed by atoms with E-state index in [1.807, 2.05) is 0 Å². The van der Waals surface area contributed by atoms with Crippen molar-refractivity contribution in [1.29, 1.82) is 5.41 Å². The summed E-state index contributed by atoms with van der Waals surface area (Å²) in [6, 6.07) is 0. The van der Waals surface area contributed by atoms with Gasteiger partial charge in [-0.1, -0.05) is 6.08 Å². The standard InChI is InChI=1S/C10H11FN2O4/c1-9(11)2-3-10(7(12)13,8(16)17)4-5(9)6(14)15/h2-4H,1H3,(H3,12,13)(H,14,15)(H,16,17). The van der Waals surface area contributed by atoms with E-state index >= 15 is 0 Å². The molecule has 0 amide bonds. The monoisotopic (exact) mass is 242 g/mol. The van der Waals surface area contributed by atoms with Crippen LogP contribution in [0.3, 0.4) is 0 Å². The van der Waals surface area contributed by atoms with E-state index in [1.54, 1.807) is 0 Å². The second kappa shape index (κ2) is 3.69. The molecular formula is C10H11FN2O4. The zero-order valence-corrected chi connectivity index (χ0v) is 8.90. The fourth-order valence-corrected chi connectivity index (χ4v) is 1.48. The second-order valence-electron chi connectivity index (χ2n) is 3.86. The minimum atomic E-state index is -2.29. The molecule has 6 nitrogen and oxygen atoms in total. The lowest BCUT2D eigenvalue weighted by atomic mass is 9.76. The molecule has 0 saturated carbocycles. The van der Waals surface area contributed by atoms with Gasteiger partial charge in [0.15, 0.2) is 11.1 Å². The summed E-state index contributed by atoms with van der Waals surface area (Å²) in [5, 5.41) is 25.0. The molecule has 0 spiro atoms. The summed E-state index contributed by atoms with van der Waals surface area (Å²) in [6.45, 7) is 0.982. The smallest absolute Gasteiger partial charge is 0.334 e. The predicted molar refractivity (Wildman–Crippen MR) is 56.4 cm³/mol. The number of amidine groups is 1. The Bertz CT molecular complexity index is 451. The number of rotatable bonds is 3. The van der Waals surface area contributed by atoms with Gasteiger partial charge in [0, 0.05) is 0 Å². The van der Waals surface area contributed by atoms with Crippen molar-refractivity contribution >= 4 is 17.8 Å². The largest absolute Gasteiger partial charge is 0.480 e. The first-order valence-corrected chi connectivity index (χ1v) is 4.57. The van der Waals surface area contributed by atoms with Crippen LogP contribution in [-0.2, 0) is 9.59 Å². The van der Waals surface area contributed by atoms with Gasteiger partial charge < -0.3 is 15.9 Å². The Balaban J connectivity index is 3.46. The van der Waals surface area contributed by atoms with Crippen molar-refractivity contribution in [3.63, 3.8) is 0 Å². The maximum Gasteiger partial charge on any atom is 0.334 e. The normalized spacial score (nSPS) is 31.8. The molecule has 0 aliphatic heterocycles. The van der Waals surface area contributed by atoms with E-state index in [0.29, 0.717) is 6.08 Å². The molecule has 2 unspecified atom stereocenters. The molecule has 7 heteroatoms. The lowest BCUT2D eigenvalue weighted by Crippen LogP contribution is -2.44. The van der Waals surface area contributed by atoms with Crippen molar-refractivity contribution in [3.8, 4) is 0 Å². The van der Waals surface area contributed by atoms with Crippen LogP contribution in [-0.4, -0.2) is 33.7 Å². The Labute approximate surface area is 95.7 Å². The van der Waals surface area contributed by atoms with Crippen molar-refractivity contribution in [2.75, 3.05) is 0 Å². The summed E-state index contributed by atoms with van der Waals surface area (Å²) in [4.78, 5) is 21.9. The quantitative estimate of drug-likeness (QED) is 0.322. The maximum atomic E-state index is 13.8. The van der Waals surface area contributed by atoms with E-state index in [1.165, 1.54) is 0 Å². The molecule has 0 radical (unpaired) electrons. The number of alkyl halides is 1. The number of nitrogens with two attached hydrogens (primary N) is 1. The van der Waals surface area contributed by atoms with Gasteiger partial charge in [0.2, 0.25) is 0 Å². The minimum Gasteiger partial charge on any atom is -0.480 e. The maximum absolute atomic E-state index is 13.8. The van der Waals surface area contributed by atoms with Crippen LogP contribution >= 0.6 is 0 Å². The van der Waals surface area contributed by atoms with Gasteiger partial charge >= 0.3 is 11.9 Å². The van der Waals surface area contributed by atoms with E-state index in [0.717, 1.165) is 19.1 Å². The van der Waals surface area contributed by atoms with Crippen LogP contribution < -0.4 is 5.73 Å². The molecule has 0 fully saturated rings. The predicted octanol–water partition coefficient (Wildman–Crippen LogP) is 0.302. The summed E-state index contributed by atoms with van der Waals surface area (Å²) >= 11 is 0. The number of carboxylic acids is 2. The number of hydrogen-bond acceptors (Lipinski definition) is 3. The van der Waals surface area contributed by atoms with E-state index in [9.17, 15) is 14.0 Å². The lowest BCUT2D eigenvalue weighted by molar-refractivity contribution is -0.140. The molecule has 0 aromatic carbocycles. The van der Waals surface area contributed by atoms with E-state index < -0.39 is 34.4 Å².